The Bertz CT molecular complexity index is 403. The van der Waals surface area contributed by atoms with Gasteiger partial charge in [0.25, 0.3) is 0 Å². The predicted molar refractivity (Wildman–Crippen MR) is 70.9 cm³/mol. The first kappa shape index (κ1) is 14.3. The second-order valence-electron chi connectivity index (χ2n) is 4.08. The third-order valence-corrected chi connectivity index (χ3v) is 3.39. The summed E-state index contributed by atoms with van der Waals surface area (Å²) in [5, 5.41) is 19.1. The van der Waals surface area contributed by atoms with Gasteiger partial charge in [-0.1, -0.05) is 11.8 Å². The van der Waals surface area contributed by atoms with E-state index in [4.69, 9.17) is 22.1 Å². The molecule has 18 heavy (non-hydrogen) atoms. The third kappa shape index (κ3) is 4.25. The molecule has 0 unspecified atom stereocenters. The maximum Gasteiger partial charge on any atom is 0.231 e. The van der Waals surface area contributed by atoms with Crippen LogP contribution in [0.25, 0.3) is 0 Å². The highest BCUT2D eigenvalue weighted by molar-refractivity contribution is 8.14. The fourth-order valence-corrected chi connectivity index (χ4v) is 2.34. The molecule has 1 saturated carbocycles. The van der Waals surface area contributed by atoms with Crippen molar-refractivity contribution in [3.05, 3.63) is 0 Å². The molecule has 1 fully saturated rings. The summed E-state index contributed by atoms with van der Waals surface area (Å²) in [6, 6.07) is 2.17. The standard InChI is InChI=1S/C10H16N6OS/c11-6-10(3-1-2-4-10)16-7(17)5-18-9(14)15-8(12)13/h1-5H2,(H,16,17)(H5,12,13,14,15). The molecular weight excluding hydrogens is 252 g/mol. The number of carbonyl (C=O) groups is 1. The Kier molecular flexibility index (Phi) is 4.97. The van der Waals surface area contributed by atoms with Gasteiger partial charge in [0.05, 0.1) is 11.8 Å². The van der Waals surface area contributed by atoms with E-state index >= 15 is 0 Å². The van der Waals surface area contributed by atoms with Gasteiger partial charge in [0.1, 0.15) is 5.54 Å². The molecule has 1 aliphatic rings. The normalized spacial score (nSPS) is 16.6. The first-order chi connectivity index (χ1) is 8.47. The van der Waals surface area contributed by atoms with Crippen molar-refractivity contribution in [3.8, 4) is 6.07 Å². The van der Waals surface area contributed by atoms with Crippen molar-refractivity contribution >= 4 is 28.8 Å². The van der Waals surface area contributed by atoms with Gasteiger partial charge in [0, 0.05) is 0 Å². The van der Waals surface area contributed by atoms with E-state index in [1.165, 1.54) is 0 Å². The van der Waals surface area contributed by atoms with Crippen LogP contribution in [0.2, 0.25) is 0 Å². The van der Waals surface area contributed by atoms with E-state index in [0.29, 0.717) is 12.8 Å². The lowest BCUT2D eigenvalue weighted by Gasteiger charge is -2.21. The molecule has 6 N–H and O–H groups in total. The van der Waals surface area contributed by atoms with Gasteiger partial charge in [0.2, 0.25) is 5.91 Å². The second-order valence-corrected chi connectivity index (χ2v) is 5.04. The molecule has 0 spiro atoms. The largest absolute Gasteiger partial charge is 0.370 e. The van der Waals surface area contributed by atoms with E-state index in [1.54, 1.807) is 0 Å². The molecule has 1 aliphatic carbocycles. The molecule has 0 aromatic rings. The average Bonchev–Trinajstić information content (AvgIpc) is 2.75. The van der Waals surface area contributed by atoms with Crippen molar-refractivity contribution in [2.75, 3.05) is 5.75 Å². The van der Waals surface area contributed by atoms with Crippen molar-refractivity contribution in [3.63, 3.8) is 0 Å². The molecule has 7 nitrogen and oxygen atoms in total. The molecule has 0 atom stereocenters. The molecule has 8 heteroatoms. The Morgan fingerprint density at radius 1 is 1.50 bits per heavy atom. The van der Waals surface area contributed by atoms with Crippen molar-refractivity contribution in [1.82, 2.24) is 5.32 Å². The minimum absolute atomic E-state index is 0.0268. The van der Waals surface area contributed by atoms with E-state index in [9.17, 15) is 4.79 Å². The van der Waals surface area contributed by atoms with Gasteiger partial charge < -0.3 is 16.8 Å². The number of nitrogens with two attached hydrogens (primary N) is 2. The Morgan fingerprint density at radius 2 is 2.11 bits per heavy atom. The van der Waals surface area contributed by atoms with Crippen molar-refractivity contribution < 1.29 is 4.79 Å². The number of rotatable bonds is 3. The number of nitriles is 1. The summed E-state index contributed by atoms with van der Waals surface area (Å²) >= 11 is 0.920. The van der Waals surface area contributed by atoms with Crippen LogP contribution in [-0.2, 0) is 4.79 Å². The van der Waals surface area contributed by atoms with Gasteiger partial charge in [-0.15, -0.1) is 0 Å². The summed E-state index contributed by atoms with van der Waals surface area (Å²) in [4.78, 5) is 15.2. The van der Waals surface area contributed by atoms with E-state index in [-0.39, 0.29) is 22.8 Å². The van der Waals surface area contributed by atoms with Gasteiger partial charge >= 0.3 is 0 Å². The van der Waals surface area contributed by atoms with Gasteiger partial charge in [-0.05, 0) is 25.7 Å². The van der Waals surface area contributed by atoms with Crippen molar-refractivity contribution in [2.24, 2.45) is 16.5 Å². The van der Waals surface area contributed by atoms with Crippen LogP contribution < -0.4 is 16.8 Å². The number of guanidine groups is 1. The summed E-state index contributed by atoms with van der Waals surface area (Å²) in [7, 11) is 0. The number of amidine groups is 1. The molecular formula is C10H16N6OS. The number of hydrogen-bond acceptors (Lipinski definition) is 4. The first-order valence-electron chi connectivity index (χ1n) is 5.51. The number of nitrogens with zero attached hydrogens (tertiary/aromatic N) is 2. The average molecular weight is 268 g/mol. The number of carbonyl (C=O) groups excluding carboxylic acids is 1. The van der Waals surface area contributed by atoms with Gasteiger partial charge in [-0.2, -0.15) is 10.3 Å². The lowest BCUT2D eigenvalue weighted by atomic mass is 10.0. The molecule has 0 radical (unpaired) electrons. The molecule has 1 amide bonds. The highest BCUT2D eigenvalue weighted by Gasteiger charge is 2.35. The van der Waals surface area contributed by atoms with Gasteiger partial charge in [-0.3, -0.25) is 10.2 Å². The van der Waals surface area contributed by atoms with E-state index in [2.05, 4.69) is 16.4 Å². The zero-order valence-corrected chi connectivity index (χ0v) is 10.7. The lowest BCUT2D eigenvalue weighted by molar-refractivity contribution is -0.119. The molecule has 98 valence electrons. The second kappa shape index (κ2) is 6.26. The maximum atomic E-state index is 11.7. The van der Waals surface area contributed by atoms with Crippen LogP contribution in [0.3, 0.4) is 0 Å². The molecule has 0 bridgehead atoms. The Balaban J connectivity index is 2.41. The number of nitrogens with one attached hydrogen (secondary N) is 2. The zero-order valence-electron chi connectivity index (χ0n) is 9.90. The van der Waals surface area contributed by atoms with Crippen molar-refractivity contribution in [1.29, 1.82) is 10.7 Å². The van der Waals surface area contributed by atoms with Crippen LogP contribution in [-0.4, -0.2) is 28.3 Å². The van der Waals surface area contributed by atoms with Crippen LogP contribution in [0, 0.1) is 16.7 Å². The maximum absolute atomic E-state index is 11.7. The molecule has 0 aliphatic heterocycles. The Morgan fingerprint density at radius 3 is 2.61 bits per heavy atom. The summed E-state index contributed by atoms with van der Waals surface area (Å²) in [5.41, 5.74) is 9.48. The Labute approximate surface area is 110 Å². The zero-order chi connectivity index (χ0) is 13.6. The number of aliphatic imine (C=N–C) groups is 1. The smallest absolute Gasteiger partial charge is 0.231 e. The highest BCUT2D eigenvalue weighted by atomic mass is 32.2. The number of amides is 1. The van der Waals surface area contributed by atoms with Crippen LogP contribution in [0.4, 0.5) is 0 Å². The first-order valence-corrected chi connectivity index (χ1v) is 6.49. The predicted octanol–water partition coefficient (Wildman–Crippen LogP) is -0.120. The topological polar surface area (TPSA) is 141 Å². The van der Waals surface area contributed by atoms with E-state index in [0.717, 1.165) is 24.6 Å². The molecule has 0 aromatic carbocycles. The number of hydrogen-bond donors (Lipinski definition) is 4. The van der Waals surface area contributed by atoms with E-state index < -0.39 is 5.54 Å². The fourth-order valence-electron chi connectivity index (χ4n) is 1.83. The molecule has 0 saturated heterocycles. The summed E-state index contributed by atoms with van der Waals surface area (Å²) in [5.74, 6) is -0.463. The minimum atomic E-state index is -0.726. The highest BCUT2D eigenvalue weighted by Crippen LogP contribution is 2.28. The molecule has 1 rings (SSSR count). The quantitative estimate of drug-likeness (QED) is 0.417. The van der Waals surface area contributed by atoms with Gasteiger partial charge in [-0.25, -0.2) is 0 Å². The van der Waals surface area contributed by atoms with Crippen LogP contribution >= 0.6 is 11.8 Å². The van der Waals surface area contributed by atoms with Gasteiger partial charge in [0.15, 0.2) is 11.1 Å². The summed E-state index contributed by atoms with van der Waals surface area (Å²) in [6.07, 6.45) is 3.27. The monoisotopic (exact) mass is 268 g/mol. The molecule has 0 heterocycles. The minimum Gasteiger partial charge on any atom is -0.370 e. The lowest BCUT2D eigenvalue weighted by Crippen LogP contribution is -2.46. The summed E-state index contributed by atoms with van der Waals surface area (Å²) < 4.78 is 0. The van der Waals surface area contributed by atoms with Crippen LogP contribution in [0.15, 0.2) is 4.99 Å². The summed E-state index contributed by atoms with van der Waals surface area (Å²) in [6.45, 7) is 0. The fraction of sp³-hybridized carbons (Fsp3) is 0.600. The van der Waals surface area contributed by atoms with Crippen molar-refractivity contribution in [2.45, 2.75) is 31.2 Å². The van der Waals surface area contributed by atoms with Crippen LogP contribution in [0.5, 0.6) is 0 Å². The van der Waals surface area contributed by atoms with Crippen LogP contribution in [0.1, 0.15) is 25.7 Å². The number of thioether (sulfide) groups is 1. The molecule has 0 aromatic heterocycles. The SMILES string of the molecule is N#CC1(NC(=O)CSC(=N)N=C(N)N)CCCC1. The Hall–Kier alpha value is -1.75. The van der Waals surface area contributed by atoms with E-state index in [1.807, 2.05) is 0 Å². The third-order valence-electron chi connectivity index (χ3n) is 2.62.